The molecule has 4 N–H and O–H groups in total. The average Bonchev–Trinajstić information content (AvgIpc) is 2.80. The van der Waals surface area contributed by atoms with E-state index in [1.165, 1.54) is 51.5 Å². The molecule has 10 heteroatoms. The Hall–Kier alpha value is -3.31. The van der Waals surface area contributed by atoms with Gasteiger partial charge in [-0.3, -0.25) is 4.79 Å². The molecule has 0 amide bonds. The highest BCUT2D eigenvalue weighted by Crippen LogP contribution is 2.35. The van der Waals surface area contributed by atoms with Crippen molar-refractivity contribution in [2.45, 2.75) is 37.6 Å². The number of phenols is 1. The van der Waals surface area contributed by atoms with E-state index < -0.39 is 30.7 Å². The molecule has 0 bridgehead atoms. The lowest BCUT2D eigenvalue weighted by Crippen LogP contribution is -2.58. The quantitative estimate of drug-likeness (QED) is 0.440. The molecular formula is C23H24O10. The molecular weight excluding hydrogens is 436 g/mol. The van der Waals surface area contributed by atoms with Crippen molar-refractivity contribution in [2.75, 3.05) is 14.2 Å². The summed E-state index contributed by atoms with van der Waals surface area (Å²) in [6, 6.07) is 8.69. The van der Waals surface area contributed by atoms with Crippen LogP contribution in [-0.4, -0.2) is 65.4 Å². The van der Waals surface area contributed by atoms with E-state index in [0.717, 1.165) is 0 Å². The Balaban J connectivity index is 1.75. The van der Waals surface area contributed by atoms with E-state index >= 15 is 0 Å². The molecule has 3 aromatic rings. The number of benzene rings is 2. The zero-order valence-electron chi connectivity index (χ0n) is 18.1. The van der Waals surface area contributed by atoms with Gasteiger partial charge in [0.2, 0.25) is 6.29 Å². The molecule has 0 aliphatic carbocycles. The fraction of sp³-hybridized carbons (Fsp3) is 0.348. The Morgan fingerprint density at radius 3 is 2.30 bits per heavy atom. The molecule has 1 saturated heterocycles. The lowest BCUT2D eigenvalue weighted by molar-refractivity contribution is -0.268. The zero-order chi connectivity index (χ0) is 23.9. The summed E-state index contributed by atoms with van der Waals surface area (Å²) in [6.45, 7) is 1.53. The average molecular weight is 460 g/mol. The van der Waals surface area contributed by atoms with Crippen LogP contribution in [0.2, 0.25) is 0 Å². The Morgan fingerprint density at radius 2 is 1.64 bits per heavy atom. The molecule has 2 aromatic carbocycles. The number of phenolic OH excluding ortho intramolecular Hbond substituents is 1. The van der Waals surface area contributed by atoms with Crippen LogP contribution in [0.1, 0.15) is 6.92 Å². The van der Waals surface area contributed by atoms with Gasteiger partial charge in [-0.1, -0.05) is 0 Å². The van der Waals surface area contributed by atoms with Gasteiger partial charge in [0.1, 0.15) is 46.5 Å². The summed E-state index contributed by atoms with van der Waals surface area (Å²) in [5.41, 5.74) is 0.182. The van der Waals surface area contributed by atoms with Crippen LogP contribution in [0.4, 0.5) is 0 Å². The Kier molecular flexibility index (Phi) is 6.17. The highest BCUT2D eigenvalue weighted by Gasteiger charge is 2.43. The van der Waals surface area contributed by atoms with Crippen LogP contribution >= 0.6 is 0 Å². The van der Waals surface area contributed by atoms with Crippen LogP contribution in [0.5, 0.6) is 23.0 Å². The minimum atomic E-state index is -1.52. The Bertz CT molecular complexity index is 1220. The third-order valence-electron chi connectivity index (χ3n) is 5.51. The molecule has 1 aliphatic heterocycles. The number of hydrogen-bond acceptors (Lipinski definition) is 10. The minimum Gasteiger partial charge on any atom is -0.504 e. The molecule has 10 nitrogen and oxygen atoms in total. The van der Waals surface area contributed by atoms with Crippen LogP contribution in [0, 0.1) is 0 Å². The van der Waals surface area contributed by atoms with Crippen LogP contribution in [0.15, 0.2) is 45.6 Å². The number of ether oxygens (including phenoxy) is 4. The maximum Gasteiger partial charge on any atom is 0.229 e. The summed E-state index contributed by atoms with van der Waals surface area (Å²) in [5.74, 6) is 0.639. The second kappa shape index (κ2) is 8.91. The van der Waals surface area contributed by atoms with Crippen molar-refractivity contribution >= 4 is 11.0 Å². The van der Waals surface area contributed by atoms with E-state index in [0.29, 0.717) is 5.56 Å². The van der Waals surface area contributed by atoms with E-state index in [1.54, 1.807) is 6.07 Å². The van der Waals surface area contributed by atoms with Crippen LogP contribution in [-0.2, 0) is 4.74 Å². The van der Waals surface area contributed by atoms with E-state index in [2.05, 4.69) is 0 Å². The predicted octanol–water partition coefficient (Wildman–Crippen LogP) is 1.39. The van der Waals surface area contributed by atoms with Crippen LogP contribution in [0.3, 0.4) is 0 Å². The van der Waals surface area contributed by atoms with Gasteiger partial charge in [0.25, 0.3) is 0 Å². The van der Waals surface area contributed by atoms with Gasteiger partial charge in [-0.05, 0) is 25.1 Å². The first-order valence-corrected chi connectivity index (χ1v) is 10.1. The Morgan fingerprint density at radius 1 is 0.909 bits per heavy atom. The highest BCUT2D eigenvalue weighted by atomic mass is 16.7. The van der Waals surface area contributed by atoms with Crippen molar-refractivity contribution in [1.82, 2.24) is 0 Å². The molecule has 0 spiro atoms. The SMILES string of the molecule is COc1ccc(-c2cc(=O)c3c(OC)cc(O[C@H]4O[C@H](C)[C@H](O)[C@@H](O)[C@H]4O)cc3o2)cc1O. The maximum atomic E-state index is 12.8. The largest absolute Gasteiger partial charge is 0.504 e. The van der Waals surface area contributed by atoms with Gasteiger partial charge in [0.15, 0.2) is 16.9 Å². The van der Waals surface area contributed by atoms with Crippen molar-refractivity contribution in [3.05, 3.63) is 46.6 Å². The van der Waals surface area contributed by atoms with E-state index in [1.807, 2.05) is 0 Å². The van der Waals surface area contributed by atoms with Crippen LogP contribution in [0.25, 0.3) is 22.3 Å². The molecule has 5 atom stereocenters. The maximum absolute atomic E-state index is 12.8. The number of aliphatic hydroxyl groups excluding tert-OH is 3. The topological polar surface area (TPSA) is 148 Å². The van der Waals surface area contributed by atoms with Crippen molar-refractivity contribution in [3.63, 3.8) is 0 Å². The number of fused-ring (bicyclic) bond motifs is 1. The van der Waals surface area contributed by atoms with Gasteiger partial charge >= 0.3 is 0 Å². The summed E-state index contributed by atoms with van der Waals surface area (Å²) in [5, 5.41) is 40.4. The summed E-state index contributed by atoms with van der Waals surface area (Å²) in [4.78, 5) is 12.8. The van der Waals surface area contributed by atoms with Crippen molar-refractivity contribution in [2.24, 2.45) is 0 Å². The minimum absolute atomic E-state index is 0.120. The second-order valence-electron chi connectivity index (χ2n) is 7.66. The first kappa shape index (κ1) is 22.9. The molecule has 0 unspecified atom stereocenters. The van der Waals surface area contributed by atoms with Crippen molar-refractivity contribution in [1.29, 1.82) is 0 Å². The number of methoxy groups -OCH3 is 2. The van der Waals surface area contributed by atoms with Gasteiger partial charge in [-0.15, -0.1) is 0 Å². The summed E-state index contributed by atoms with van der Waals surface area (Å²) >= 11 is 0. The molecule has 33 heavy (non-hydrogen) atoms. The normalized spacial score (nSPS) is 25.1. The summed E-state index contributed by atoms with van der Waals surface area (Å²) in [7, 11) is 2.80. The Labute approximate surface area is 188 Å². The molecule has 1 aromatic heterocycles. The lowest BCUT2D eigenvalue weighted by Gasteiger charge is -2.38. The lowest BCUT2D eigenvalue weighted by atomic mass is 10.00. The molecule has 4 rings (SSSR count). The second-order valence-corrected chi connectivity index (χ2v) is 7.66. The summed E-state index contributed by atoms with van der Waals surface area (Å²) < 4.78 is 27.4. The van der Waals surface area contributed by atoms with E-state index in [4.69, 9.17) is 23.4 Å². The fourth-order valence-electron chi connectivity index (χ4n) is 3.69. The van der Waals surface area contributed by atoms with E-state index in [-0.39, 0.29) is 45.2 Å². The third-order valence-corrected chi connectivity index (χ3v) is 5.51. The standard InChI is InChI=1S/C23H24O10/c1-10-20(26)21(27)22(28)23(31-10)32-12-7-17(30-3)19-14(25)9-16(33-18(19)8-12)11-4-5-15(29-2)13(24)6-11/h4-10,20-24,26-28H,1-3H3/t10-,20+,21-,22-,23-/m1/s1. The number of aliphatic hydroxyl groups is 3. The zero-order valence-corrected chi connectivity index (χ0v) is 18.1. The third kappa shape index (κ3) is 4.21. The molecule has 1 fully saturated rings. The smallest absolute Gasteiger partial charge is 0.229 e. The van der Waals surface area contributed by atoms with Gasteiger partial charge in [-0.25, -0.2) is 0 Å². The fourth-order valence-corrected chi connectivity index (χ4v) is 3.69. The number of aromatic hydroxyl groups is 1. The van der Waals surface area contributed by atoms with Gasteiger partial charge < -0.3 is 43.8 Å². The first-order valence-electron chi connectivity index (χ1n) is 10.1. The van der Waals surface area contributed by atoms with Gasteiger partial charge in [-0.2, -0.15) is 0 Å². The highest BCUT2D eigenvalue weighted by molar-refractivity contribution is 5.86. The molecule has 0 saturated carbocycles. The predicted molar refractivity (Wildman–Crippen MR) is 116 cm³/mol. The monoisotopic (exact) mass is 460 g/mol. The van der Waals surface area contributed by atoms with Gasteiger partial charge in [0.05, 0.1) is 20.3 Å². The number of hydrogen-bond donors (Lipinski definition) is 4. The molecule has 2 heterocycles. The van der Waals surface area contributed by atoms with Crippen molar-refractivity contribution in [3.8, 4) is 34.3 Å². The van der Waals surface area contributed by atoms with Crippen molar-refractivity contribution < 1.29 is 43.8 Å². The first-order chi connectivity index (χ1) is 15.7. The molecule has 176 valence electrons. The van der Waals surface area contributed by atoms with Gasteiger partial charge in [0, 0.05) is 23.8 Å². The summed E-state index contributed by atoms with van der Waals surface area (Å²) in [6.07, 6.45) is -6.32. The number of rotatable bonds is 5. The molecule has 1 aliphatic rings. The van der Waals surface area contributed by atoms with Crippen LogP contribution < -0.4 is 19.6 Å². The van der Waals surface area contributed by atoms with E-state index in [9.17, 15) is 25.2 Å². The molecule has 0 radical (unpaired) electrons.